The van der Waals surface area contributed by atoms with E-state index in [1.54, 1.807) is 0 Å². The lowest BCUT2D eigenvalue weighted by Crippen LogP contribution is -2.02. The molecule has 0 aliphatic heterocycles. The van der Waals surface area contributed by atoms with E-state index in [4.69, 9.17) is 16.3 Å². The Labute approximate surface area is 91.0 Å². The minimum Gasteiger partial charge on any atom is -0.492 e. The van der Waals surface area contributed by atoms with Crippen molar-refractivity contribution in [1.29, 1.82) is 0 Å². The monoisotopic (exact) mass is 212 g/mol. The van der Waals surface area contributed by atoms with E-state index in [9.17, 15) is 0 Å². The van der Waals surface area contributed by atoms with Crippen molar-refractivity contribution in [2.75, 3.05) is 12.5 Å². The van der Waals surface area contributed by atoms with Crippen LogP contribution in [0.2, 0.25) is 0 Å². The zero-order valence-corrected chi connectivity index (χ0v) is 9.55. The average molecular weight is 213 g/mol. The Morgan fingerprint density at radius 3 is 2.71 bits per heavy atom. The molecule has 0 N–H and O–H groups in total. The van der Waals surface area contributed by atoms with Crippen LogP contribution >= 0.6 is 11.6 Å². The third-order valence-corrected chi connectivity index (χ3v) is 2.55. The molecular weight excluding hydrogens is 196 g/mol. The van der Waals surface area contributed by atoms with Crippen LogP contribution in [-0.2, 0) is 0 Å². The second-order valence-corrected chi connectivity index (χ2v) is 3.76. The van der Waals surface area contributed by atoms with E-state index in [1.165, 1.54) is 5.56 Å². The molecule has 14 heavy (non-hydrogen) atoms. The highest BCUT2D eigenvalue weighted by Gasteiger charge is 2.08. The Morgan fingerprint density at radius 2 is 2.07 bits per heavy atom. The summed E-state index contributed by atoms with van der Waals surface area (Å²) in [5.41, 5.74) is 1.28. The van der Waals surface area contributed by atoms with Gasteiger partial charge in [0.15, 0.2) is 0 Å². The maximum atomic E-state index is 5.59. The molecule has 0 aromatic heterocycles. The molecule has 0 aliphatic rings. The summed E-state index contributed by atoms with van der Waals surface area (Å²) >= 11 is 5.59. The lowest BCUT2D eigenvalue weighted by Gasteiger charge is -2.14. The molecule has 1 nitrogen and oxygen atoms in total. The molecule has 0 saturated heterocycles. The van der Waals surface area contributed by atoms with Gasteiger partial charge in [0.1, 0.15) is 12.4 Å². The summed E-state index contributed by atoms with van der Waals surface area (Å²) in [4.78, 5) is 0. The molecule has 1 unspecified atom stereocenters. The third-order valence-electron chi connectivity index (χ3n) is 2.40. The maximum Gasteiger partial charge on any atom is 0.122 e. The first-order valence-corrected chi connectivity index (χ1v) is 5.60. The number of benzene rings is 1. The first kappa shape index (κ1) is 11.4. The number of para-hydroxylation sites is 1. The molecule has 0 aliphatic carbocycles. The number of hydrogen-bond donors (Lipinski definition) is 0. The Hall–Kier alpha value is -0.690. The smallest absolute Gasteiger partial charge is 0.122 e. The maximum absolute atomic E-state index is 5.59. The van der Waals surface area contributed by atoms with Crippen LogP contribution in [0.3, 0.4) is 0 Å². The third kappa shape index (κ3) is 2.91. The van der Waals surface area contributed by atoms with Gasteiger partial charge in [0.2, 0.25) is 0 Å². The minimum absolute atomic E-state index is 0.537. The Kier molecular flexibility index (Phi) is 4.81. The summed E-state index contributed by atoms with van der Waals surface area (Å²) in [5, 5.41) is 0. The normalized spacial score (nSPS) is 12.5. The lowest BCUT2D eigenvalue weighted by molar-refractivity contribution is 0.337. The molecule has 1 aromatic carbocycles. The molecule has 0 spiro atoms. The van der Waals surface area contributed by atoms with Gasteiger partial charge in [-0.1, -0.05) is 32.0 Å². The Balaban J connectivity index is 2.79. The van der Waals surface area contributed by atoms with Gasteiger partial charge in [0, 0.05) is 0 Å². The van der Waals surface area contributed by atoms with Crippen molar-refractivity contribution >= 4 is 11.6 Å². The van der Waals surface area contributed by atoms with E-state index in [0.29, 0.717) is 18.4 Å². The Bertz CT molecular complexity index is 273. The van der Waals surface area contributed by atoms with Crippen molar-refractivity contribution in [3.8, 4) is 5.75 Å². The van der Waals surface area contributed by atoms with E-state index in [2.05, 4.69) is 26.0 Å². The molecule has 0 heterocycles. The van der Waals surface area contributed by atoms with Gasteiger partial charge in [-0.25, -0.2) is 0 Å². The predicted octanol–water partition coefficient (Wildman–Crippen LogP) is 3.82. The van der Waals surface area contributed by atoms with Crippen LogP contribution in [0.4, 0.5) is 0 Å². The first-order chi connectivity index (χ1) is 6.79. The summed E-state index contributed by atoms with van der Waals surface area (Å²) in [6.45, 7) is 4.97. The summed E-state index contributed by atoms with van der Waals surface area (Å²) < 4.78 is 5.58. The van der Waals surface area contributed by atoms with E-state index >= 15 is 0 Å². The fourth-order valence-corrected chi connectivity index (χ4v) is 1.46. The molecule has 0 saturated carbocycles. The van der Waals surface area contributed by atoms with Crippen molar-refractivity contribution in [2.24, 2.45) is 0 Å². The lowest BCUT2D eigenvalue weighted by atomic mass is 9.98. The van der Waals surface area contributed by atoms with Crippen LogP contribution in [0.25, 0.3) is 0 Å². The molecule has 0 amide bonds. The van der Waals surface area contributed by atoms with E-state index < -0.39 is 0 Å². The minimum atomic E-state index is 0.537. The number of alkyl halides is 1. The number of hydrogen-bond acceptors (Lipinski definition) is 1. The zero-order valence-electron chi connectivity index (χ0n) is 8.79. The van der Waals surface area contributed by atoms with Gasteiger partial charge in [-0.15, -0.1) is 11.6 Å². The number of rotatable bonds is 5. The van der Waals surface area contributed by atoms with E-state index in [1.807, 2.05) is 12.1 Å². The summed E-state index contributed by atoms with van der Waals surface area (Å²) in [6, 6.07) is 8.18. The summed E-state index contributed by atoms with van der Waals surface area (Å²) in [7, 11) is 0. The molecule has 1 aromatic rings. The highest BCUT2D eigenvalue weighted by atomic mass is 35.5. The fourth-order valence-electron chi connectivity index (χ4n) is 1.39. The standard InChI is InChI=1S/C12H17ClO/c1-3-10(2)11-6-4-5-7-12(11)14-9-8-13/h4-7,10H,3,8-9H2,1-2H3. The van der Waals surface area contributed by atoms with Crippen molar-refractivity contribution in [3.05, 3.63) is 29.8 Å². The highest BCUT2D eigenvalue weighted by molar-refractivity contribution is 6.18. The molecule has 2 heteroatoms. The Morgan fingerprint density at radius 1 is 1.36 bits per heavy atom. The van der Waals surface area contributed by atoms with E-state index in [-0.39, 0.29) is 0 Å². The van der Waals surface area contributed by atoms with Crippen molar-refractivity contribution in [2.45, 2.75) is 26.2 Å². The van der Waals surface area contributed by atoms with Crippen LogP contribution in [0.1, 0.15) is 31.7 Å². The quantitative estimate of drug-likeness (QED) is 0.675. The topological polar surface area (TPSA) is 9.23 Å². The number of halogens is 1. The molecule has 1 atom stereocenters. The second-order valence-electron chi connectivity index (χ2n) is 3.38. The van der Waals surface area contributed by atoms with Crippen molar-refractivity contribution in [1.82, 2.24) is 0 Å². The van der Waals surface area contributed by atoms with Crippen molar-refractivity contribution in [3.63, 3.8) is 0 Å². The summed E-state index contributed by atoms with van der Waals surface area (Å²) in [5.74, 6) is 2.05. The number of ether oxygens (including phenoxy) is 1. The van der Waals surface area contributed by atoms with Gasteiger partial charge < -0.3 is 4.74 Å². The van der Waals surface area contributed by atoms with Gasteiger partial charge in [0.25, 0.3) is 0 Å². The van der Waals surface area contributed by atoms with Gasteiger partial charge in [0.05, 0.1) is 5.88 Å². The molecule has 0 fully saturated rings. The van der Waals surface area contributed by atoms with Gasteiger partial charge in [-0.2, -0.15) is 0 Å². The average Bonchev–Trinajstić information content (AvgIpc) is 2.25. The van der Waals surface area contributed by atoms with Crippen LogP contribution in [-0.4, -0.2) is 12.5 Å². The van der Waals surface area contributed by atoms with Crippen LogP contribution in [0.15, 0.2) is 24.3 Å². The molecule has 1 rings (SSSR count). The molecular formula is C12H17ClO. The predicted molar refractivity (Wildman–Crippen MR) is 61.4 cm³/mol. The summed E-state index contributed by atoms with van der Waals surface area (Å²) in [6.07, 6.45) is 1.13. The second kappa shape index (κ2) is 5.92. The molecule has 78 valence electrons. The van der Waals surface area contributed by atoms with Crippen LogP contribution in [0.5, 0.6) is 5.75 Å². The fraction of sp³-hybridized carbons (Fsp3) is 0.500. The highest BCUT2D eigenvalue weighted by Crippen LogP contribution is 2.28. The first-order valence-electron chi connectivity index (χ1n) is 5.07. The molecule has 0 bridgehead atoms. The van der Waals surface area contributed by atoms with Gasteiger partial charge in [-0.05, 0) is 24.0 Å². The van der Waals surface area contributed by atoms with E-state index in [0.717, 1.165) is 12.2 Å². The van der Waals surface area contributed by atoms with Crippen LogP contribution in [0, 0.1) is 0 Å². The van der Waals surface area contributed by atoms with Crippen LogP contribution < -0.4 is 4.74 Å². The molecule has 0 radical (unpaired) electrons. The largest absolute Gasteiger partial charge is 0.492 e. The van der Waals surface area contributed by atoms with Gasteiger partial charge in [-0.3, -0.25) is 0 Å². The van der Waals surface area contributed by atoms with Gasteiger partial charge >= 0.3 is 0 Å². The SMILES string of the molecule is CCC(C)c1ccccc1OCCCl. The zero-order chi connectivity index (χ0) is 10.4. The van der Waals surface area contributed by atoms with Crippen molar-refractivity contribution < 1.29 is 4.74 Å².